The number of carbonyl (C=O) groups is 2. The first kappa shape index (κ1) is 20.5. The standard InChI is InChI=1S/C22H19BrN2O4/c1-4-11-29-18-9-10-20(23)16(12-18)13-19-14(2)24-25(21(19)26)17-7-5-15(6-8-17)22(27)28-3/h4-10,12-13H,1,11H2,2-3H3. The van der Waals surface area contributed by atoms with Crippen molar-refractivity contribution in [1.29, 1.82) is 0 Å². The number of benzene rings is 2. The minimum atomic E-state index is -0.437. The van der Waals surface area contributed by atoms with Crippen LogP contribution >= 0.6 is 15.9 Å². The monoisotopic (exact) mass is 454 g/mol. The van der Waals surface area contributed by atoms with Crippen LogP contribution in [0.5, 0.6) is 5.75 Å². The Morgan fingerprint density at radius 1 is 1.24 bits per heavy atom. The van der Waals surface area contributed by atoms with Crippen molar-refractivity contribution in [1.82, 2.24) is 0 Å². The minimum Gasteiger partial charge on any atom is -0.490 e. The number of rotatable bonds is 6. The number of ether oxygens (including phenoxy) is 2. The third-order valence-corrected chi connectivity index (χ3v) is 4.95. The number of hydrogen-bond donors (Lipinski definition) is 0. The van der Waals surface area contributed by atoms with E-state index in [0.29, 0.717) is 34.9 Å². The molecule has 0 aliphatic carbocycles. The van der Waals surface area contributed by atoms with Gasteiger partial charge in [0.25, 0.3) is 5.91 Å². The van der Waals surface area contributed by atoms with Gasteiger partial charge in [-0.2, -0.15) is 10.1 Å². The smallest absolute Gasteiger partial charge is 0.337 e. The van der Waals surface area contributed by atoms with Crippen LogP contribution in [0.4, 0.5) is 5.69 Å². The lowest BCUT2D eigenvalue weighted by molar-refractivity contribution is -0.114. The normalized spacial score (nSPS) is 14.7. The van der Waals surface area contributed by atoms with Gasteiger partial charge in [0.2, 0.25) is 0 Å². The molecule has 7 heteroatoms. The largest absolute Gasteiger partial charge is 0.490 e. The minimum absolute atomic E-state index is 0.252. The molecule has 148 valence electrons. The summed E-state index contributed by atoms with van der Waals surface area (Å²) in [6.45, 7) is 5.81. The fraction of sp³-hybridized carbons (Fsp3) is 0.136. The zero-order chi connectivity index (χ0) is 21.0. The first-order chi connectivity index (χ1) is 13.9. The highest BCUT2D eigenvalue weighted by atomic mass is 79.9. The highest BCUT2D eigenvalue weighted by Crippen LogP contribution is 2.29. The maximum atomic E-state index is 13.0. The quantitative estimate of drug-likeness (QED) is 0.363. The maximum Gasteiger partial charge on any atom is 0.337 e. The predicted molar refractivity (Wildman–Crippen MR) is 116 cm³/mol. The Balaban J connectivity index is 1.88. The number of hydrazone groups is 1. The van der Waals surface area contributed by atoms with Crippen LogP contribution in [0.15, 0.2) is 70.3 Å². The molecule has 0 radical (unpaired) electrons. The van der Waals surface area contributed by atoms with E-state index in [4.69, 9.17) is 9.47 Å². The summed E-state index contributed by atoms with van der Waals surface area (Å²) < 4.78 is 11.1. The third-order valence-electron chi connectivity index (χ3n) is 4.23. The fourth-order valence-corrected chi connectivity index (χ4v) is 3.11. The molecule has 0 fully saturated rings. The molecule has 2 aromatic rings. The molecule has 0 aromatic heterocycles. The van der Waals surface area contributed by atoms with Crippen LogP contribution in [0.1, 0.15) is 22.8 Å². The molecule has 1 heterocycles. The molecule has 0 saturated heterocycles. The third kappa shape index (κ3) is 4.46. The number of esters is 1. The van der Waals surface area contributed by atoms with Crippen LogP contribution in [0.3, 0.4) is 0 Å². The van der Waals surface area contributed by atoms with E-state index in [-0.39, 0.29) is 5.91 Å². The molecule has 1 amide bonds. The van der Waals surface area contributed by atoms with Crippen molar-refractivity contribution in [3.63, 3.8) is 0 Å². The topological polar surface area (TPSA) is 68.2 Å². The number of nitrogens with zero attached hydrogens (tertiary/aromatic N) is 2. The molecule has 6 nitrogen and oxygen atoms in total. The molecule has 3 rings (SSSR count). The first-order valence-electron chi connectivity index (χ1n) is 8.78. The van der Waals surface area contributed by atoms with Gasteiger partial charge in [0.05, 0.1) is 29.6 Å². The van der Waals surface area contributed by atoms with Crippen molar-refractivity contribution in [2.24, 2.45) is 5.10 Å². The molecule has 0 bridgehead atoms. The molecule has 0 unspecified atom stereocenters. The molecule has 1 aliphatic heterocycles. The Kier molecular flexibility index (Phi) is 6.29. The zero-order valence-electron chi connectivity index (χ0n) is 16.0. The van der Waals surface area contributed by atoms with Crippen LogP contribution in [0, 0.1) is 0 Å². The van der Waals surface area contributed by atoms with E-state index in [1.165, 1.54) is 12.1 Å². The number of anilines is 1. The Hall–Kier alpha value is -3.19. The van der Waals surface area contributed by atoms with Gasteiger partial charge in [-0.25, -0.2) is 4.79 Å². The summed E-state index contributed by atoms with van der Waals surface area (Å²) in [5, 5.41) is 5.68. The lowest BCUT2D eigenvalue weighted by atomic mass is 10.1. The maximum absolute atomic E-state index is 13.0. The summed E-state index contributed by atoms with van der Waals surface area (Å²) >= 11 is 3.51. The Morgan fingerprint density at radius 2 is 1.97 bits per heavy atom. The van der Waals surface area contributed by atoms with Gasteiger partial charge in [0.15, 0.2) is 0 Å². The van der Waals surface area contributed by atoms with E-state index in [2.05, 4.69) is 27.6 Å². The Morgan fingerprint density at radius 3 is 2.62 bits per heavy atom. The second-order valence-electron chi connectivity index (χ2n) is 6.18. The predicted octanol–water partition coefficient (Wildman–Crippen LogP) is 4.61. The van der Waals surface area contributed by atoms with Crippen molar-refractivity contribution in [2.75, 3.05) is 18.7 Å². The van der Waals surface area contributed by atoms with Crippen molar-refractivity contribution >= 4 is 45.3 Å². The van der Waals surface area contributed by atoms with Gasteiger partial charge in [-0.05, 0) is 61.0 Å². The lowest BCUT2D eigenvalue weighted by Crippen LogP contribution is -2.21. The van der Waals surface area contributed by atoms with Gasteiger partial charge in [0, 0.05) is 4.47 Å². The van der Waals surface area contributed by atoms with Crippen molar-refractivity contribution in [3.8, 4) is 5.75 Å². The molecule has 2 aromatic carbocycles. The number of methoxy groups -OCH3 is 1. The van der Waals surface area contributed by atoms with E-state index in [9.17, 15) is 9.59 Å². The van der Waals surface area contributed by atoms with Crippen LogP contribution in [0.25, 0.3) is 6.08 Å². The Labute approximate surface area is 177 Å². The van der Waals surface area contributed by atoms with Crippen LogP contribution < -0.4 is 9.75 Å². The van der Waals surface area contributed by atoms with Gasteiger partial charge in [-0.3, -0.25) is 4.79 Å². The van der Waals surface area contributed by atoms with Crippen molar-refractivity contribution in [2.45, 2.75) is 6.92 Å². The molecular formula is C22H19BrN2O4. The molecule has 29 heavy (non-hydrogen) atoms. The molecule has 1 aliphatic rings. The lowest BCUT2D eigenvalue weighted by Gasteiger charge is -2.12. The van der Waals surface area contributed by atoms with E-state index in [1.807, 2.05) is 18.2 Å². The molecule has 0 saturated carbocycles. The number of carbonyl (C=O) groups excluding carboxylic acids is 2. The van der Waals surface area contributed by atoms with E-state index >= 15 is 0 Å². The van der Waals surface area contributed by atoms with Gasteiger partial charge in [-0.1, -0.05) is 28.6 Å². The SMILES string of the molecule is C=CCOc1ccc(Br)c(C=C2C(=O)N(c3ccc(C(=O)OC)cc3)N=C2C)c1. The van der Waals surface area contributed by atoms with Crippen molar-refractivity contribution in [3.05, 3.63) is 76.3 Å². The summed E-state index contributed by atoms with van der Waals surface area (Å²) in [5.74, 6) is -0.0131. The Bertz CT molecular complexity index is 1030. The number of hydrogen-bond acceptors (Lipinski definition) is 5. The van der Waals surface area contributed by atoms with Crippen LogP contribution in [-0.4, -0.2) is 31.3 Å². The summed E-state index contributed by atoms with van der Waals surface area (Å²) in [5.41, 5.74) is 2.83. The van der Waals surface area contributed by atoms with Gasteiger partial charge in [0.1, 0.15) is 12.4 Å². The first-order valence-corrected chi connectivity index (χ1v) is 9.57. The summed E-state index contributed by atoms with van der Waals surface area (Å²) in [7, 11) is 1.32. The molecule has 0 atom stereocenters. The summed E-state index contributed by atoms with van der Waals surface area (Å²) in [4.78, 5) is 24.5. The zero-order valence-corrected chi connectivity index (χ0v) is 17.6. The molecule has 0 spiro atoms. The van der Waals surface area contributed by atoms with Gasteiger partial charge in [-0.15, -0.1) is 0 Å². The number of halogens is 1. The highest BCUT2D eigenvalue weighted by Gasteiger charge is 2.29. The average molecular weight is 455 g/mol. The number of amides is 1. The second kappa shape index (κ2) is 8.87. The highest BCUT2D eigenvalue weighted by molar-refractivity contribution is 9.10. The second-order valence-corrected chi connectivity index (χ2v) is 7.04. The van der Waals surface area contributed by atoms with E-state index in [0.717, 1.165) is 10.0 Å². The van der Waals surface area contributed by atoms with E-state index < -0.39 is 5.97 Å². The van der Waals surface area contributed by atoms with Crippen LogP contribution in [-0.2, 0) is 9.53 Å². The summed E-state index contributed by atoms with van der Waals surface area (Å²) in [6.07, 6.45) is 3.44. The fourth-order valence-electron chi connectivity index (χ4n) is 2.75. The van der Waals surface area contributed by atoms with Gasteiger partial charge >= 0.3 is 5.97 Å². The van der Waals surface area contributed by atoms with Crippen LogP contribution in [0.2, 0.25) is 0 Å². The molecular weight excluding hydrogens is 436 g/mol. The summed E-state index contributed by atoms with van der Waals surface area (Å²) in [6, 6.07) is 12.0. The van der Waals surface area contributed by atoms with Crippen molar-refractivity contribution < 1.29 is 19.1 Å². The van der Waals surface area contributed by atoms with E-state index in [1.54, 1.807) is 43.3 Å². The average Bonchev–Trinajstić information content (AvgIpc) is 3.02. The molecule has 0 N–H and O–H groups in total. The van der Waals surface area contributed by atoms with Gasteiger partial charge < -0.3 is 9.47 Å².